The zero-order valence-corrected chi connectivity index (χ0v) is 12.9. The molecule has 0 bridgehead atoms. The molecule has 8 nitrogen and oxygen atoms in total. The highest BCUT2D eigenvalue weighted by molar-refractivity contribution is 6.22. The third kappa shape index (κ3) is 3.37. The first-order valence-electron chi connectivity index (χ1n) is 7.61. The number of nitrogens with zero attached hydrogens (tertiary/aromatic N) is 3. The molecule has 0 spiro atoms. The molecular formula is C15H19N3O5. The van der Waals surface area contributed by atoms with Gasteiger partial charge in [0.2, 0.25) is 11.6 Å². The maximum absolute atomic E-state index is 12.4. The molecule has 3 heterocycles. The molecule has 4 rings (SSSR count). The number of carbonyl (C=O) groups excluding carboxylic acids is 2. The van der Waals surface area contributed by atoms with E-state index in [0.717, 1.165) is 39.3 Å². The summed E-state index contributed by atoms with van der Waals surface area (Å²) < 4.78 is 0. The Morgan fingerprint density at radius 2 is 1.43 bits per heavy atom. The lowest BCUT2D eigenvalue weighted by Gasteiger charge is -2.21. The van der Waals surface area contributed by atoms with E-state index in [-0.39, 0.29) is 11.6 Å². The van der Waals surface area contributed by atoms with Gasteiger partial charge in [-0.25, -0.2) is 4.79 Å². The lowest BCUT2D eigenvalue weighted by Crippen LogP contribution is -2.29. The standard InChI is InChI=1S/C12H13N3O2.C3H6O3/c16-9-7-8(13-1-2-13)12(17)11(15-5-6-15)10(9)14-3-4-14;1-2(4)3(5)6/h7H,1-6H2;2,4H,1H3,(H,5,6). The Morgan fingerprint density at radius 1 is 1.00 bits per heavy atom. The molecule has 1 aliphatic carbocycles. The zero-order chi connectivity index (χ0) is 16.7. The summed E-state index contributed by atoms with van der Waals surface area (Å²) in [5.41, 5.74) is 1.89. The number of aliphatic hydroxyl groups is 1. The third-order valence-corrected chi connectivity index (χ3v) is 3.85. The fraction of sp³-hybridized carbons (Fsp3) is 0.533. The fourth-order valence-electron chi connectivity index (χ4n) is 2.28. The molecule has 0 aromatic heterocycles. The van der Waals surface area contributed by atoms with E-state index in [9.17, 15) is 14.4 Å². The summed E-state index contributed by atoms with van der Waals surface area (Å²) in [6.45, 7) is 6.60. The number of carboxylic acid groups (broad SMARTS) is 1. The van der Waals surface area contributed by atoms with Crippen LogP contribution in [0.1, 0.15) is 6.92 Å². The molecular weight excluding hydrogens is 302 g/mol. The fourth-order valence-corrected chi connectivity index (χ4v) is 2.28. The van der Waals surface area contributed by atoms with Crippen LogP contribution in [-0.2, 0) is 14.4 Å². The topological polar surface area (TPSA) is 101 Å². The van der Waals surface area contributed by atoms with Crippen molar-refractivity contribution in [3.05, 3.63) is 23.2 Å². The van der Waals surface area contributed by atoms with E-state index in [2.05, 4.69) is 0 Å². The van der Waals surface area contributed by atoms with Crippen LogP contribution in [0.5, 0.6) is 0 Å². The number of rotatable bonds is 4. The van der Waals surface area contributed by atoms with Gasteiger partial charge in [0.15, 0.2) is 0 Å². The first kappa shape index (κ1) is 15.5. The average Bonchev–Trinajstić information content (AvgIpc) is 3.36. The number of Topliss-reactive ketones (excluding diaryl/α,β-unsaturated/α-hetero) is 1. The molecule has 8 heteroatoms. The Labute approximate surface area is 133 Å². The molecule has 3 aliphatic heterocycles. The number of carbonyl (C=O) groups is 3. The molecule has 124 valence electrons. The number of aliphatic hydroxyl groups excluding tert-OH is 1. The molecule has 0 aromatic carbocycles. The quantitative estimate of drug-likeness (QED) is 0.483. The summed E-state index contributed by atoms with van der Waals surface area (Å²) in [7, 11) is 0. The van der Waals surface area contributed by atoms with E-state index < -0.39 is 12.1 Å². The number of hydrogen-bond donors (Lipinski definition) is 2. The van der Waals surface area contributed by atoms with Crippen molar-refractivity contribution < 1.29 is 24.6 Å². The molecule has 0 radical (unpaired) electrons. The maximum Gasteiger partial charge on any atom is 0.332 e. The van der Waals surface area contributed by atoms with Crippen LogP contribution in [0.4, 0.5) is 0 Å². The highest BCUT2D eigenvalue weighted by Crippen LogP contribution is 2.33. The Kier molecular flexibility index (Phi) is 3.85. The molecule has 3 fully saturated rings. The highest BCUT2D eigenvalue weighted by Gasteiger charge is 2.43. The lowest BCUT2D eigenvalue weighted by atomic mass is 10.0. The van der Waals surface area contributed by atoms with Gasteiger partial charge < -0.3 is 24.9 Å². The van der Waals surface area contributed by atoms with Gasteiger partial charge in [-0.05, 0) is 6.92 Å². The minimum Gasteiger partial charge on any atom is -0.479 e. The van der Waals surface area contributed by atoms with Gasteiger partial charge in [0.1, 0.15) is 17.5 Å². The summed E-state index contributed by atoms with van der Waals surface area (Å²) in [4.78, 5) is 39.9. The molecule has 0 saturated carbocycles. The van der Waals surface area contributed by atoms with Crippen LogP contribution in [0.2, 0.25) is 0 Å². The highest BCUT2D eigenvalue weighted by atomic mass is 16.4. The smallest absolute Gasteiger partial charge is 0.332 e. The van der Waals surface area contributed by atoms with Gasteiger partial charge in [0.25, 0.3) is 0 Å². The van der Waals surface area contributed by atoms with Crippen molar-refractivity contribution in [2.24, 2.45) is 0 Å². The summed E-state index contributed by atoms with van der Waals surface area (Å²) in [6, 6.07) is 0. The molecule has 1 atom stereocenters. The van der Waals surface area contributed by atoms with Crippen molar-refractivity contribution in [3.8, 4) is 0 Å². The Balaban J connectivity index is 0.000000227. The van der Waals surface area contributed by atoms with Gasteiger partial charge >= 0.3 is 5.97 Å². The molecule has 23 heavy (non-hydrogen) atoms. The molecule has 1 unspecified atom stereocenters. The molecule has 0 aromatic rings. The Bertz CT molecular complexity index is 625. The normalized spacial score (nSPS) is 23.2. The van der Waals surface area contributed by atoms with Crippen LogP contribution in [0.15, 0.2) is 23.2 Å². The predicted octanol–water partition coefficient (Wildman–Crippen LogP) is -1.37. The molecule has 2 N–H and O–H groups in total. The van der Waals surface area contributed by atoms with Crippen molar-refractivity contribution in [1.82, 2.24) is 14.7 Å². The van der Waals surface area contributed by atoms with Crippen LogP contribution < -0.4 is 0 Å². The zero-order valence-electron chi connectivity index (χ0n) is 12.9. The van der Waals surface area contributed by atoms with E-state index in [1.165, 1.54) is 13.0 Å². The van der Waals surface area contributed by atoms with Gasteiger partial charge in [0, 0.05) is 45.3 Å². The van der Waals surface area contributed by atoms with Crippen molar-refractivity contribution in [3.63, 3.8) is 0 Å². The van der Waals surface area contributed by atoms with Crippen LogP contribution in [0.25, 0.3) is 0 Å². The lowest BCUT2D eigenvalue weighted by molar-refractivity contribution is -0.145. The minimum atomic E-state index is -1.23. The van der Waals surface area contributed by atoms with Gasteiger partial charge in [-0.1, -0.05) is 0 Å². The van der Waals surface area contributed by atoms with Gasteiger partial charge in [-0.15, -0.1) is 0 Å². The second-order valence-electron chi connectivity index (χ2n) is 5.90. The van der Waals surface area contributed by atoms with E-state index in [4.69, 9.17) is 10.2 Å². The Hall–Kier alpha value is -2.35. The van der Waals surface area contributed by atoms with Crippen molar-refractivity contribution in [2.75, 3.05) is 39.3 Å². The van der Waals surface area contributed by atoms with Gasteiger partial charge in [0.05, 0.1) is 5.70 Å². The molecule has 3 saturated heterocycles. The summed E-state index contributed by atoms with van der Waals surface area (Å²) in [5.74, 6) is -1.14. The molecule has 4 aliphatic rings. The van der Waals surface area contributed by atoms with E-state index in [1.54, 1.807) is 0 Å². The van der Waals surface area contributed by atoms with Crippen LogP contribution in [-0.4, -0.2) is 87.8 Å². The van der Waals surface area contributed by atoms with Crippen LogP contribution >= 0.6 is 0 Å². The van der Waals surface area contributed by atoms with Crippen LogP contribution in [0, 0.1) is 0 Å². The van der Waals surface area contributed by atoms with Crippen molar-refractivity contribution in [1.29, 1.82) is 0 Å². The molecule has 0 amide bonds. The second kappa shape index (κ2) is 5.69. The predicted molar refractivity (Wildman–Crippen MR) is 79.2 cm³/mol. The summed E-state index contributed by atoms with van der Waals surface area (Å²) >= 11 is 0. The average molecular weight is 321 g/mol. The summed E-state index contributed by atoms with van der Waals surface area (Å²) in [6.07, 6.45) is 0.292. The number of hydrogen-bond acceptors (Lipinski definition) is 7. The van der Waals surface area contributed by atoms with Crippen molar-refractivity contribution in [2.45, 2.75) is 13.0 Å². The number of allylic oxidation sites excluding steroid dienone is 1. The monoisotopic (exact) mass is 321 g/mol. The largest absolute Gasteiger partial charge is 0.479 e. The van der Waals surface area contributed by atoms with Crippen LogP contribution in [0.3, 0.4) is 0 Å². The third-order valence-electron chi connectivity index (χ3n) is 3.85. The van der Waals surface area contributed by atoms with Gasteiger partial charge in [-0.2, -0.15) is 0 Å². The number of aliphatic carboxylic acids is 1. The Morgan fingerprint density at radius 3 is 1.83 bits per heavy atom. The number of carboxylic acids is 1. The van der Waals surface area contributed by atoms with E-state index in [0.29, 0.717) is 17.1 Å². The first-order chi connectivity index (χ1) is 10.9. The summed E-state index contributed by atoms with van der Waals surface area (Å²) in [5, 5.41) is 15.8. The van der Waals surface area contributed by atoms with E-state index in [1.807, 2.05) is 14.7 Å². The minimum absolute atomic E-state index is 0.00546. The number of ketones is 2. The maximum atomic E-state index is 12.4. The van der Waals surface area contributed by atoms with E-state index >= 15 is 0 Å². The first-order valence-corrected chi connectivity index (χ1v) is 7.61. The van der Waals surface area contributed by atoms with Gasteiger partial charge in [-0.3, -0.25) is 9.59 Å². The SMILES string of the molecule is CC(O)C(=O)O.O=C1C=C(N2CC2)C(=O)C(N2CC2)=C1N1CC1. The van der Waals surface area contributed by atoms with Crippen molar-refractivity contribution >= 4 is 17.5 Å². The second-order valence-corrected chi connectivity index (χ2v) is 5.90.